The number of carbonyl (C=O) groups is 1. The van der Waals surface area contributed by atoms with Crippen LogP contribution in [0.15, 0.2) is 18.2 Å². The topological polar surface area (TPSA) is 29.1 Å². The van der Waals surface area contributed by atoms with Crippen molar-refractivity contribution in [3.8, 4) is 0 Å². The van der Waals surface area contributed by atoms with Crippen molar-refractivity contribution < 1.29 is 4.79 Å². The molecular weight excluding hydrogens is 198 g/mol. The molecule has 1 amide bonds. The lowest BCUT2D eigenvalue weighted by molar-refractivity contribution is -0.110. The van der Waals surface area contributed by atoms with Gasteiger partial charge in [0.2, 0.25) is 6.41 Å². The average Bonchev–Trinajstić information content (AvgIpc) is 2.60. The van der Waals surface area contributed by atoms with E-state index in [9.17, 15) is 4.79 Å². The van der Waals surface area contributed by atoms with Crippen molar-refractivity contribution in [3.63, 3.8) is 0 Å². The standard InChI is InChI=1S/C14H19NO/c1-14(2,3)11-5-6-12-10(8-11)4-7-13(12)15-9-16/h5-6,8-9,13H,4,7H2,1-3H3,(H,15,16)/t13-/m1/s1. The molecule has 0 spiro atoms. The van der Waals surface area contributed by atoms with Crippen molar-refractivity contribution >= 4 is 6.41 Å². The number of rotatable bonds is 2. The Labute approximate surface area is 97.1 Å². The van der Waals surface area contributed by atoms with Gasteiger partial charge in [0.1, 0.15) is 0 Å². The lowest BCUT2D eigenvalue weighted by atomic mass is 9.85. The van der Waals surface area contributed by atoms with Crippen LogP contribution in [0.5, 0.6) is 0 Å². The van der Waals surface area contributed by atoms with Gasteiger partial charge in [0.15, 0.2) is 0 Å². The van der Waals surface area contributed by atoms with Gasteiger partial charge in [-0.2, -0.15) is 0 Å². The fourth-order valence-corrected chi connectivity index (χ4v) is 2.34. The summed E-state index contributed by atoms with van der Waals surface area (Å²) in [6.07, 6.45) is 2.91. The molecule has 0 aromatic heterocycles. The first kappa shape index (κ1) is 11.2. The highest BCUT2D eigenvalue weighted by Gasteiger charge is 2.23. The molecule has 86 valence electrons. The highest BCUT2D eigenvalue weighted by Crippen LogP contribution is 2.34. The van der Waals surface area contributed by atoms with Crippen LogP contribution in [0.2, 0.25) is 0 Å². The van der Waals surface area contributed by atoms with Gasteiger partial charge >= 0.3 is 0 Å². The van der Waals surface area contributed by atoms with Gasteiger partial charge in [-0.3, -0.25) is 4.79 Å². The largest absolute Gasteiger partial charge is 0.352 e. The Bertz CT molecular complexity index is 404. The predicted octanol–water partition coefficient (Wildman–Crippen LogP) is 2.72. The van der Waals surface area contributed by atoms with Crippen LogP contribution >= 0.6 is 0 Å². The number of benzene rings is 1. The Morgan fingerprint density at radius 1 is 1.38 bits per heavy atom. The van der Waals surface area contributed by atoms with Gasteiger partial charge < -0.3 is 5.32 Å². The summed E-state index contributed by atoms with van der Waals surface area (Å²) in [5.74, 6) is 0. The third-order valence-corrected chi connectivity index (χ3v) is 3.36. The molecule has 0 unspecified atom stereocenters. The van der Waals surface area contributed by atoms with Crippen LogP contribution in [0.25, 0.3) is 0 Å². The number of nitrogens with one attached hydrogen (secondary N) is 1. The molecule has 16 heavy (non-hydrogen) atoms. The van der Waals surface area contributed by atoms with Crippen molar-refractivity contribution in [1.82, 2.24) is 5.32 Å². The summed E-state index contributed by atoms with van der Waals surface area (Å²) >= 11 is 0. The molecule has 0 saturated carbocycles. The SMILES string of the molecule is CC(C)(C)c1ccc2c(c1)CC[C@H]2NC=O. The van der Waals surface area contributed by atoms with E-state index in [-0.39, 0.29) is 11.5 Å². The molecule has 1 aromatic rings. The third kappa shape index (κ3) is 1.97. The van der Waals surface area contributed by atoms with Gasteiger partial charge in [-0.25, -0.2) is 0 Å². The Balaban J connectivity index is 2.33. The van der Waals surface area contributed by atoms with E-state index in [1.807, 2.05) is 0 Å². The molecule has 1 N–H and O–H groups in total. The fourth-order valence-electron chi connectivity index (χ4n) is 2.34. The van der Waals surface area contributed by atoms with Gasteiger partial charge in [0, 0.05) is 0 Å². The molecule has 2 rings (SSSR count). The van der Waals surface area contributed by atoms with Gasteiger partial charge in [-0.05, 0) is 34.9 Å². The van der Waals surface area contributed by atoms with Crippen LogP contribution in [0, 0.1) is 0 Å². The monoisotopic (exact) mass is 217 g/mol. The van der Waals surface area contributed by atoms with Gasteiger partial charge in [0.25, 0.3) is 0 Å². The van der Waals surface area contributed by atoms with Crippen molar-refractivity contribution in [3.05, 3.63) is 34.9 Å². The summed E-state index contributed by atoms with van der Waals surface area (Å²) < 4.78 is 0. The molecule has 2 heteroatoms. The molecule has 1 aromatic carbocycles. The van der Waals surface area contributed by atoms with Crippen molar-refractivity contribution in [2.24, 2.45) is 0 Å². The highest BCUT2D eigenvalue weighted by atomic mass is 16.1. The Morgan fingerprint density at radius 3 is 2.75 bits per heavy atom. The smallest absolute Gasteiger partial charge is 0.207 e. The quantitative estimate of drug-likeness (QED) is 0.758. The maximum absolute atomic E-state index is 10.5. The van der Waals surface area contributed by atoms with E-state index in [4.69, 9.17) is 0 Å². The lowest BCUT2D eigenvalue weighted by Crippen LogP contribution is -2.17. The van der Waals surface area contributed by atoms with E-state index >= 15 is 0 Å². The zero-order chi connectivity index (χ0) is 11.8. The van der Waals surface area contributed by atoms with Crippen LogP contribution in [0.4, 0.5) is 0 Å². The van der Waals surface area contributed by atoms with Crippen molar-refractivity contribution in [1.29, 1.82) is 0 Å². The molecule has 0 radical (unpaired) electrons. The van der Waals surface area contributed by atoms with E-state index in [0.29, 0.717) is 0 Å². The summed E-state index contributed by atoms with van der Waals surface area (Å²) in [6, 6.07) is 6.87. The number of hydrogen-bond donors (Lipinski definition) is 1. The van der Waals surface area contributed by atoms with Crippen molar-refractivity contribution in [2.75, 3.05) is 0 Å². The number of hydrogen-bond acceptors (Lipinski definition) is 1. The summed E-state index contributed by atoms with van der Waals surface area (Å²) in [5.41, 5.74) is 4.26. The number of aryl methyl sites for hydroxylation is 1. The van der Waals surface area contributed by atoms with Crippen LogP contribution in [-0.2, 0) is 16.6 Å². The van der Waals surface area contributed by atoms with Gasteiger partial charge in [0.05, 0.1) is 6.04 Å². The summed E-state index contributed by atoms with van der Waals surface area (Å²) in [4.78, 5) is 10.5. The van der Waals surface area contributed by atoms with E-state index in [2.05, 4.69) is 44.3 Å². The molecule has 0 heterocycles. The first-order valence-electron chi connectivity index (χ1n) is 5.85. The predicted molar refractivity (Wildman–Crippen MR) is 65.4 cm³/mol. The molecule has 1 aliphatic rings. The zero-order valence-corrected chi connectivity index (χ0v) is 10.2. The third-order valence-electron chi connectivity index (χ3n) is 3.36. The fraction of sp³-hybridized carbons (Fsp3) is 0.500. The molecule has 0 saturated heterocycles. The van der Waals surface area contributed by atoms with E-state index in [1.54, 1.807) is 0 Å². The van der Waals surface area contributed by atoms with E-state index < -0.39 is 0 Å². The average molecular weight is 217 g/mol. The van der Waals surface area contributed by atoms with Crippen LogP contribution in [0.3, 0.4) is 0 Å². The molecule has 1 atom stereocenters. The second-order valence-corrected chi connectivity index (χ2v) is 5.54. The van der Waals surface area contributed by atoms with Gasteiger partial charge in [-0.1, -0.05) is 39.0 Å². The number of carbonyl (C=O) groups excluding carboxylic acids is 1. The highest BCUT2D eigenvalue weighted by molar-refractivity contribution is 5.50. The maximum Gasteiger partial charge on any atom is 0.207 e. The summed E-state index contributed by atoms with van der Waals surface area (Å²) in [6.45, 7) is 6.68. The Morgan fingerprint density at radius 2 is 2.12 bits per heavy atom. The van der Waals surface area contributed by atoms with Crippen LogP contribution in [0.1, 0.15) is 49.9 Å². The first-order valence-corrected chi connectivity index (χ1v) is 5.85. The number of amides is 1. The minimum absolute atomic E-state index is 0.200. The summed E-state index contributed by atoms with van der Waals surface area (Å²) in [5, 5.41) is 2.88. The van der Waals surface area contributed by atoms with Crippen LogP contribution in [-0.4, -0.2) is 6.41 Å². The second kappa shape index (κ2) is 3.93. The first-order chi connectivity index (χ1) is 7.52. The summed E-state index contributed by atoms with van der Waals surface area (Å²) in [7, 11) is 0. The zero-order valence-electron chi connectivity index (χ0n) is 10.2. The molecule has 2 nitrogen and oxygen atoms in total. The van der Waals surface area contributed by atoms with E-state index in [0.717, 1.165) is 19.3 Å². The molecule has 0 bridgehead atoms. The molecule has 0 aliphatic heterocycles. The minimum atomic E-state index is 0.200. The van der Waals surface area contributed by atoms with E-state index in [1.165, 1.54) is 16.7 Å². The van der Waals surface area contributed by atoms with Crippen LogP contribution < -0.4 is 5.32 Å². The minimum Gasteiger partial charge on any atom is -0.352 e. The lowest BCUT2D eigenvalue weighted by Gasteiger charge is -2.20. The number of fused-ring (bicyclic) bond motifs is 1. The normalized spacial score (nSPS) is 19.3. The van der Waals surface area contributed by atoms with Gasteiger partial charge in [-0.15, -0.1) is 0 Å². The van der Waals surface area contributed by atoms with Crippen molar-refractivity contribution in [2.45, 2.75) is 45.1 Å². The molecular formula is C14H19NO. The Kier molecular flexibility index (Phi) is 2.75. The maximum atomic E-state index is 10.5. The molecule has 1 aliphatic carbocycles. The second-order valence-electron chi connectivity index (χ2n) is 5.54. The Hall–Kier alpha value is -1.31. The molecule has 0 fully saturated rings.